The Morgan fingerprint density at radius 3 is 2.79 bits per heavy atom. The zero-order valence-corrected chi connectivity index (χ0v) is 15.3. The van der Waals surface area contributed by atoms with Crippen LogP contribution in [-0.4, -0.2) is 36.8 Å². The third-order valence-corrected chi connectivity index (χ3v) is 5.96. The van der Waals surface area contributed by atoms with Gasteiger partial charge in [-0.15, -0.1) is 0 Å². The molecule has 1 aliphatic rings. The van der Waals surface area contributed by atoms with Crippen molar-refractivity contribution in [2.24, 2.45) is 0 Å². The topological polar surface area (TPSA) is 143 Å². The average molecular weight is 401 g/mol. The van der Waals surface area contributed by atoms with Crippen LogP contribution >= 0.6 is 0 Å². The van der Waals surface area contributed by atoms with Crippen molar-refractivity contribution in [3.63, 3.8) is 0 Å². The van der Waals surface area contributed by atoms with Crippen molar-refractivity contribution in [3.05, 3.63) is 57.8 Å². The highest BCUT2D eigenvalue weighted by molar-refractivity contribution is 7.91. The van der Waals surface area contributed by atoms with Crippen LogP contribution in [0, 0.1) is 21.4 Å². The number of carbonyl (C=O) groups excluding carboxylic acids is 1. The maximum atomic E-state index is 12.2. The fourth-order valence-electron chi connectivity index (χ4n) is 2.82. The Morgan fingerprint density at radius 2 is 2.14 bits per heavy atom. The first-order valence-electron chi connectivity index (χ1n) is 8.25. The van der Waals surface area contributed by atoms with Gasteiger partial charge in [-0.2, -0.15) is 5.26 Å². The molecule has 1 aromatic heterocycles. The molecule has 10 heteroatoms. The Bertz CT molecular complexity index is 1110. The van der Waals surface area contributed by atoms with Gasteiger partial charge in [-0.3, -0.25) is 14.9 Å². The number of benzene rings is 1. The second-order valence-corrected chi connectivity index (χ2v) is 8.48. The minimum absolute atomic E-state index is 0.00824. The van der Waals surface area contributed by atoms with Gasteiger partial charge in [-0.05, 0) is 18.6 Å². The second kappa shape index (κ2) is 7.66. The minimum atomic E-state index is -3.15. The van der Waals surface area contributed by atoms with Gasteiger partial charge in [-0.1, -0.05) is 12.1 Å². The summed E-state index contributed by atoms with van der Waals surface area (Å²) in [5.74, 6) is -0.261. The first kappa shape index (κ1) is 19.3. The van der Waals surface area contributed by atoms with Crippen molar-refractivity contribution in [3.8, 4) is 17.4 Å². The smallest absolute Gasteiger partial charge is 0.270 e. The van der Waals surface area contributed by atoms with Crippen molar-refractivity contribution < 1.29 is 22.6 Å². The molecule has 1 N–H and O–H groups in total. The number of sulfone groups is 1. The van der Waals surface area contributed by atoms with Crippen LogP contribution in [0.2, 0.25) is 0 Å². The number of carbonyl (C=O) groups is 1. The molecule has 28 heavy (non-hydrogen) atoms. The summed E-state index contributed by atoms with van der Waals surface area (Å²) in [5, 5.41) is 22.7. The van der Waals surface area contributed by atoms with E-state index in [2.05, 4.69) is 5.32 Å². The Kier molecular flexibility index (Phi) is 5.28. The number of amides is 1. The summed E-state index contributed by atoms with van der Waals surface area (Å²) in [6.07, 6.45) is 1.55. The van der Waals surface area contributed by atoms with E-state index in [4.69, 9.17) is 4.42 Å². The number of nitro benzene ring substituents is 1. The van der Waals surface area contributed by atoms with Crippen LogP contribution in [0.25, 0.3) is 17.4 Å². The maximum absolute atomic E-state index is 12.2. The van der Waals surface area contributed by atoms with Crippen molar-refractivity contribution >= 4 is 27.5 Å². The molecule has 1 amide bonds. The van der Waals surface area contributed by atoms with E-state index in [1.54, 1.807) is 18.2 Å². The fraction of sp³-hybridized carbons (Fsp3) is 0.222. The molecular weight excluding hydrogens is 386 g/mol. The van der Waals surface area contributed by atoms with E-state index in [-0.39, 0.29) is 28.5 Å². The number of hydrogen-bond donors (Lipinski definition) is 1. The number of non-ortho nitro benzene ring substituents is 1. The van der Waals surface area contributed by atoms with Crippen LogP contribution in [0.5, 0.6) is 0 Å². The zero-order valence-electron chi connectivity index (χ0n) is 14.5. The second-order valence-electron chi connectivity index (χ2n) is 6.25. The van der Waals surface area contributed by atoms with Crippen molar-refractivity contribution in [1.29, 1.82) is 5.26 Å². The van der Waals surface area contributed by atoms with Gasteiger partial charge >= 0.3 is 0 Å². The molecule has 0 aliphatic carbocycles. The normalized spacial score (nSPS) is 18.4. The van der Waals surface area contributed by atoms with Gasteiger partial charge in [-0.25, -0.2) is 8.42 Å². The van der Waals surface area contributed by atoms with Crippen LogP contribution in [0.1, 0.15) is 12.2 Å². The average Bonchev–Trinajstić information content (AvgIpc) is 3.25. The molecule has 0 radical (unpaired) electrons. The molecule has 1 aromatic carbocycles. The molecule has 1 fully saturated rings. The lowest BCUT2D eigenvalue weighted by Gasteiger charge is -2.09. The summed E-state index contributed by atoms with van der Waals surface area (Å²) < 4.78 is 28.5. The molecule has 1 atom stereocenters. The summed E-state index contributed by atoms with van der Waals surface area (Å²) in [7, 11) is -3.15. The highest BCUT2D eigenvalue weighted by atomic mass is 32.2. The monoisotopic (exact) mass is 401 g/mol. The first-order chi connectivity index (χ1) is 13.3. The van der Waals surface area contributed by atoms with Gasteiger partial charge in [0.2, 0.25) is 0 Å². The number of hydrogen-bond acceptors (Lipinski definition) is 7. The lowest BCUT2D eigenvalue weighted by atomic mass is 10.1. The van der Waals surface area contributed by atoms with Gasteiger partial charge in [0, 0.05) is 29.8 Å². The van der Waals surface area contributed by atoms with E-state index in [1.807, 2.05) is 0 Å². The molecule has 1 aliphatic heterocycles. The number of nitriles is 1. The molecule has 1 saturated heterocycles. The highest BCUT2D eigenvalue weighted by Crippen LogP contribution is 2.26. The van der Waals surface area contributed by atoms with E-state index in [0.717, 1.165) is 0 Å². The van der Waals surface area contributed by atoms with Crippen molar-refractivity contribution in [1.82, 2.24) is 5.32 Å². The van der Waals surface area contributed by atoms with Crippen LogP contribution in [0.4, 0.5) is 5.69 Å². The fourth-order valence-corrected chi connectivity index (χ4v) is 4.49. The summed E-state index contributed by atoms with van der Waals surface area (Å²) in [4.78, 5) is 22.6. The van der Waals surface area contributed by atoms with Gasteiger partial charge in [0.15, 0.2) is 9.84 Å². The minimum Gasteiger partial charge on any atom is -0.457 e. The number of nitro groups is 1. The third-order valence-electron chi connectivity index (χ3n) is 4.19. The Morgan fingerprint density at radius 1 is 1.36 bits per heavy atom. The number of furan rings is 1. The summed E-state index contributed by atoms with van der Waals surface area (Å²) >= 11 is 0. The zero-order chi connectivity index (χ0) is 20.3. The molecular formula is C18H15N3O6S. The highest BCUT2D eigenvalue weighted by Gasteiger charge is 2.29. The molecule has 0 saturated carbocycles. The van der Waals surface area contributed by atoms with Gasteiger partial charge < -0.3 is 9.73 Å². The molecule has 0 bridgehead atoms. The van der Waals surface area contributed by atoms with Crippen LogP contribution in [0.3, 0.4) is 0 Å². The van der Waals surface area contributed by atoms with E-state index in [1.165, 1.54) is 30.3 Å². The van der Waals surface area contributed by atoms with E-state index in [0.29, 0.717) is 17.7 Å². The molecule has 1 unspecified atom stereocenters. The van der Waals surface area contributed by atoms with E-state index < -0.39 is 26.7 Å². The quantitative estimate of drug-likeness (QED) is 0.349. The number of rotatable bonds is 5. The Hall–Kier alpha value is -3.45. The first-order valence-corrected chi connectivity index (χ1v) is 10.1. The number of nitrogens with zero attached hydrogens (tertiary/aromatic N) is 2. The standard InChI is InChI=1S/C18H15N3O6S/c19-10-13(18(22)20-14-6-7-28(25,26)11-14)9-16-4-5-17(27-16)12-2-1-3-15(8-12)21(23)24/h1-5,8-9,14H,6-7,11H2,(H,20,22). The third kappa shape index (κ3) is 4.44. The maximum Gasteiger partial charge on any atom is 0.270 e. The predicted octanol–water partition coefficient (Wildman–Crippen LogP) is 2.07. The van der Waals surface area contributed by atoms with Gasteiger partial charge in [0.1, 0.15) is 23.2 Å². The summed E-state index contributed by atoms with van der Waals surface area (Å²) in [6, 6.07) is 10.2. The lowest BCUT2D eigenvalue weighted by molar-refractivity contribution is -0.384. The van der Waals surface area contributed by atoms with Crippen molar-refractivity contribution in [2.75, 3.05) is 11.5 Å². The molecule has 3 rings (SSSR count). The largest absolute Gasteiger partial charge is 0.457 e. The van der Waals surface area contributed by atoms with E-state index in [9.17, 15) is 28.6 Å². The predicted molar refractivity (Wildman–Crippen MR) is 99.6 cm³/mol. The lowest BCUT2D eigenvalue weighted by Crippen LogP contribution is -2.36. The Balaban J connectivity index is 1.77. The van der Waals surface area contributed by atoms with Gasteiger partial charge in [0.05, 0.1) is 16.4 Å². The molecule has 2 aromatic rings. The molecule has 144 valence electrons. The SMILES string of the molecule is N#CC(=Cc1ccc(-c2cccc([N+](=O)[O-])c2)o1)C(=O)NC1CCS(=O)(=O)C1. The van der Waals surface area contributed by atoms with Crippen LogP contribution < -0.4 is 5.32 Å². The number of nitrogens with one attached hydrogen (secondary N) is 1. The van der Waals surface area contributed by atoms with E-state index >= 15 is 0 Å². The van der Waals surface area contributed by atoms with Crippen LogP contribution in [0.15, 0.2) is 46.4 Å². The Labute approximate surface area is 160 Å². The summed E-state index contributed by atoms with van der Waals surface area (Å²) in [5.41, 5.74) is 0.159. The molecule has 2 heterocycles. The van der Waals surface area contributed by atoms with Crippen LogP contribution in [-0.2, 0) is 14.6 Å². The van der Waals surface area contributed by atoms with Crippen molar-refractivity contribution in [2.45, 2.75) is 12.5 Å². The molecule has 9 nitrogen and oxygen atoms in total. The molecule has 0 spiro atoms. The summed E-state index contributed by atoms with van der Waals surface area (Å²) in [6.45, 7) is 0. The van der Waals surface area contributed by atoms with Gasteiger partial charge in [0.25, 0.3) is 11.6 Å².